The van der Waals surface area contributed by atoms with Crippen molar-refractivity contribution in [3.63, 3.8) is 0 Å². The van der Waals surface area contributed by atoms with Gasteiger partial charge < -0.3 is 14.2 Å². The largest absolute Gasteiger partial charge is 0.416 e. The summed E-state index contributed by atoms with van der Waals surface area (Å²) in [6.45, 7) is 2.33. The lowest BCUT2D eigenvalue weighted by Gasteiger charge is -2.34. The molecule has 2 aliphatic rings. The van der Waals surface area contributed by atoms with Gasteiger partial charge in [-0.1, -0.05) is 6.07 Å². The Hall–Kier alpha value is -3.21. The number of nitrogens with one attached hydrogen (secondary N) is 1. The Balaban J connectivity index is 1.31. The van der Waals surface area contributed by atoms with Crippen molar-refractivity contribution in [1.82, 2.24) is 29.6 Å². The summed E-state index contributed by atoms with van der Waals surface area (Å²) in [4.78, 5) is 23.6. The molecule has 35 heavy (non-hydrogen) atoms. The van der Waals surface area contributed by atoms with Crippen molar-refractivity contribution in [3.05, 3.63) is 53.2 Å². The topological polar surface area (TPSA) is 88.9 Å². The molecule has 8 nitrogen and oxygen atoms in total. The first-order chi connectivity index (χ1) is 16.7. The van der Waals surface area contributed by atoms with E-state index in [9.17, 15) is 18.0 Å². The minimum atomic E-state index is -4.50. The number of aryl methyl sites for hydroxylation is 1. The van der Waals surface area contributed by atoms with Gasteiger partial charge in [-0.2, -0.15) is 18.3 Å². The van der Waals surface area contributed by atoms with Crippen LogP contribution < -0.4 is 0 Å². The van der Waals surface area contributed by atoms with Gasteiger partial charge in [0.25, 0.3) is 5.91 Å². The van der Waals surface area contributed by atoms with Gasteiger partial charge in [0.2, 0.25) is 0 Å². The highest BCUT2D eigenvalue weighted by atomic mass is 19.4. The Morgan fingerprint density at radius 2 is 2.06 bits per heavy atom. The number of amides is 1. The van der Waals surface area contributed by atoms with E-state index in [0.717, 1.165) is 36.4 Å². The Labute approximate surface area is 200 Å². The fourth-order valence-electron chi connectivity index (χ4n) is 4.72. The number of carbonyl (C=O) groups excluding carboxylic acids is 1. The van der Waals surface area contributed by atoms with Crippen molar-refractivity contribution in [2.75, 3.05) is 13.7 Å². The molecule has 2 fully saturated rings. The van der Waals surface area contributed by atoms with Crippen LogP contribution >= 0.6 is 0 Å². The van der Waals surface area contributed by atoms with Gasteiger partial charge in [-0.05, 0) is 50.8 Å². The summed E-state index contributed by atoms with van der Waals surface area (Å²) in [7, 11) is 1.61. The molecule has 1 N–H and O–H groups in total. The van der Waals surface area contributed by atoms with Crippen LogP contribution in [0, 0.1) is 6.92 Å². The molecule has 0 radical (unpaired) electrons. The second-order valence-corrected chi connectivity index (χ2v) is 9.25. The third-order valence-electron chi connectivity index (χ3n) is 7.03. The van der Waals surface area contributed by atoms with E-state index < -0.39 is 23.8 Å². The Bertz CT molecular complexity index is 1220. The van der Waals surface area contributed by atoms with E-state index in [2.05, 4.69) is 19.7 Å². The number of halogens is 3. The van der Waals surface area contributed by atoms with Gasteiger partial charge in [0.15, 0.2) is 11.6 Å². The summed E-state index contributed by atoms with van der Waals surface area (Å²) in [5.41, 5.74) is 0.914. The van der Waals surface area contributed by atoms with Crippen LogP contribution in [0.5, 0.6) is 0 Å². The van der Waals surface area contributed by atoms with E-state index in [1.807, 2.05) is 13.3 Å². The van der Waals surface area contributed by atoms with E-state index in [4.69, 9.17) is 9.72 Å². The molecule has 3 aromatic rings. The van der Waals surface area contributed by atoms with Crippen LogP contribution in [0.25, 0.3) is 11.5 Å². The summed E-state index contributed by atoms with van der Waals surface area (Å²) in [6.07, 6.45) is 1.38. The quantitative estimate of drug-likeness (QED) is 0.562. The minimum Gasteiger partial charge on any atom is -0.370 e. The first kappa shape index (κ1) is 23.5. The summed E-state index contributed by atoms with van der Waals surface area (Å²) in [6, 6.07) is 4.71. The zero-order chi connectivity index (χ0) is 24.7. The van der Waals surface area contributed by atoms with Crippen LogP contribution in [-0.2, 0) is 10.9 Å². The fraction of sp³-hybridized carbons (Fsp3) is 0.500. The lowest BCUT2D eigenvalue weighted by atomic mass is 9.92. The summed E-state index contributed by atoms with van der Waals surface area (Å²) in [5, 5.41) is 7.40. The lowest BCUT2D eigenvalue weighted by molar-refractivity contribution is -0.137. The predicted molar refractivity (Wildman–Crippen MR) is 120 cm³/mol. The number of imidazole rings is 1. The smallest absolute Gasteiger partial charge is 0.370 e. The molecule has 2 aromatic heterocycles. The third-order valence-corrected chi connectivity index (χ3v) is 7.03. The molecule has 0 spiro atoms. The average Bonchev–Trinajstić information content (AvgIpc) is 3.43. The van der Waals surface area contributed by atoms with E-state index in [1.165, 1.54) is 23.5 Å². The van der Waals surface area contributed by atoms with E-state index in [1.54, 1.807) is 7.05 Å². The normalized spacial score (nSPS) is 21.1. The van der Waals surface area contributed by atoms with Gasteiger partial charge in [-0.15, -0.1) is 0 Å². The van der Waals surface area contributed by atoms with Crippen LogP contribution in [0.4, 0.5) is 13.2 Å². The second kappa shape index (κ2) is 9.10. The summed E-state index contributed by atoms with van der Waals surface area (Å²) in [5.74, 6) is 0.659. The molecule has 1 amide bonds. The molecule has 0 unspecified atom stereocenters. The number of aromatic nitrogens is 5. The van der Waals surface area contributed by atoms with Crippen molar-refractivity contribution < 1.29 is 22.7 Å². The molecular formula is C24H27F3N6O2. The maximum atomic E-state index is 13.1. The Morgan fingerprint density at radius 1 is 1.26 bits per heavy atom. The van der Waals surface area contributed by atoms with Crippen LogP contribution in [0.1, 0.15) is 71.7 Å². The molecule has 3 heterocycles. The number of benzene rings is 1. The highest BCUT2D eigenvalue weighted by Crippen LogP contribution is 2.36. The lowest BCUT2D eigenvalue weighted by Crippen LogP contribution is -2.41. The predicted octanol–water partition coefficient (Wildman–Crippen LogP) is 4.71. The Morgan fingerprint density at radius 3 is 2.77 bits per heavy atom. The maximum absolute atomic E-state index is 13.1. The fourth-order valence-corrected chi connectivity index (χ4v) is 4.72. The first-order valence-corrected chi connectivity index (χ1v) is 11.7. The highest BCUT2D eigenvalue weighted by Gasteiger charge is 2.34. The number of alkyl halides is 3. The summed E-state index contributed by atoms with van der Waals surface area (Å²) >= 11 is 0. The molecule has 186 valence electrons. The van der Waals surface area contributed by atoms with Gasteiger partial charge in [0.1, 0.15) is 11.8 Å². The van der Waals surface area contributed by atoms with Crippen LogP contribution in [0.2, 0.25) is 0 Å². The number of nitrogens with zero attached hydrogens (tertiary/aromatic N) is 5. The van der Waals surface area contributed by atoms with Crippen LogP contribution in [0.15, 0.2) is 30.6 Å². The highest BCUT2D eigenvalue weighted by molar-refractivity contribution is 5.94. The van der Waals surface area contributed by atoms with Crippen molar-refractivity contribution >= 4 is 5.91 Å². The standard InChI is InChI=1S/C24H27F3N6O2/c1-14-20(33(13-28-14)17-7-4-8-17)22-29-21(30-31-22)19-12-18(9-10-35-19)32(2)23(34)15-5-3-6-16(11-15)24(25,26)27/h3,5-6,11,13,17-19H,4,7-10,12H2,1-2H3,(H,29,30,31)/t18-,19+/m1/s1. The van der Waals surface area contributed by atoms with Crippen LogP contribution in [-0.4, -0.2) is 55.2 Å². The third kappa shape index (κ3) is 4.56. The van der Waals surface area contributed by atoms with Gasteiger partial charge in [-0.25, -0.2) is 9.97 Å². The number of carbonyl (C=O) groups is 1. The van der Waals surface area contributed by atoms with Crippen molar-refractivity contribution in [1.29, 1.82) is 0 Å². The maximum Gasteiger partial charge on any atom is 0.416 e. The molecule has 11 heteroatoms. The van der Waals surface area contributed by atoms with Gasteiger partial charge in [0.05, 0.1) is 17.6 Å². The second-order valence-electron chi connectivity index (χ2n) is 9.25. The van der Waals surface area contributed by atoms with Crippen molar-refractivity contribution in [2.24, 2.45) is 0 Å². The number of H-pyrrole nitrogens is 1. The molecule has 1 aliphatic carbocycles. The first-order valence-electron chi connectivity index (χ1n) is 11.7. The number of rotatable bonds is 5. The minimum absolute atomic E-state index is 0.00653. The SMILES string of the molecule is Cc1ncn(C2CCC2)c1-c1n[nH]c([C@@H]2C[C@H](N(C)C(=O)c3cccc(C(F)(F)F)c3)CCO2)n1. The molecule has 1 aliphatic heterocycles. The van der Waals surface area contributed by atoms with Crippen molar-refractivity contribution in [3.8, 4) is 11.5 Å². The van der Waals surface area contributed by atoms with E-state index >= 15 is 0 Å². The number of aromatic amines is 1. The Kier molecular flexibility index (Phi) is 6.12. The van der Waals surface area contributed by atoms with Crippen molar-refractivity contribution in [2.45, 2.75) is 63.4 Å². The molecule has 0 bridgehead atoms. The van der Waals surface area contributed by atoms with Gasteiger partial charge in [-0.3, -0.25) is 9.89 Å². The van der Waals surface area contributed by atoms with E-state index in [0.29, 0.717) is 37.1 Å². The molecule has 1 aromatic carbocycles. The zero-order valence-electron chi connectivity index (χ0n) is 19.5. The molecule has 1 saturated carbocycles. The molecular weight excluding hydrogens is 461 g/mol. The number of hydrogen-bond donors (Lipinski definition) is 1. The zero-order valence-corrected chi connectivity index (χ0v) is 19.5. The van der Waals surface area contributed by atoms with Crippen LogP contribution in [0.3, 0.4) is 0 Å². The number of ether oxygens (including phenoxy) is 1. The molecule has 5 rings (SSSR count). The molecule has 1 saturated heterocycles. The van der Waals surface area contributed by atoms with E-state index in [-0.39, 0.29) is 11.6 Å². The van der Waals surface area contributed by atoms with Gasteiger partial charge >= 0.3 is 6.18 Å². The number of hydrogen-bond acceptors (Lipinski definition) is 5. The van der Waals surface area contributed by atoms with Gasteiger partial charge in [0, 0.05) is 37.7 Å². The average molecular weight is 489 g/mol. The summed E-state index contributed by atoms with van der Waals surface area (Å²) < 4.78 is 47.3. The molecule has 2 atom stereocenters. The monoisotopic (exact) mass is 488 g/mol.